The summed E-state index contributed by atoms with van der Waals surface area (Å²) in [6.45, 7) is 0. The Morgan fingerprint density at radius 3 is 0.895 bits per heavy atom. The van der Waals surface area contributed by atoms with Gasteiger partial charge < -0.3 is 0 Å². The van der Waals surface area contributed by atoms with Gasteiger partial charge in [0.05, 0.1) is 0 Å². The van der Waals surface area contributed by atoms with Gasteiger partial charge in [-0.15, -0.1) is 0 Å². The molecule has 3 aromatic rings. The molecule has 0 saturated heterocycles. The van der Waals surface area contributed by atoms with Gasteiger partial charge in [0.25, 0.3) is 0 Å². The van der Waals surface area contributed by atoms with E-state index in [9.17, 15) is 0 Å². The van der Waals surface area contributed by atoms with Crippen molar-refractivity contribution in [2.45, 2.75) is 0 Å². The average molecular weight is 306 g/mol. The van der Waals surface area contributed by atoms with Crippen molar-refractivity contribution in [2.75, 3.05) is 0 Å². The molecule has 0 fully saturated rings. The number of rotatable bonds is 3. The SMILES string of the molecule is c1ccc([As+](c2ccccc2)c2ccccc2)cc1. The van der Waals surface area contributed by atoms with Crippen LogP contribution in [0.3, 0.4) is 0 Å². The molecule has 0 nitrogen and oxygen atoms in total. The van der Waals surface area contributed by atoms with Crippen molar-refractivity contribution in [1.29, 1.82) is 0 Å². The fourth-order valence-corrected chi connectivity index (χ4v) is 7.02. The Bertz CT molecular complexity index is 524. The third-order valence-electron chi connectivity index (χ3n) is 3.04. The van der Waals surface area contributed by atoms with Gasteiger partial charge in [-0.3, -0.25) is 0 Å². The van der Waals surface area contributed by atoms with E-state index in [1.165, 1.54) is 13.1 Å². The van der Waals surface area contributed by atoms with Gasteiger partial charge in [-0.2, -0.15) is 0 Å². The normalized spacial score (nSPS) is 10.6. The molecular weight excluding hydrogens is 291 g/mol. The number of hydrogen-bond acceptors (Lipinski definition) is 0. The van der Waals surface area contributed by atoms with E-state index in [4.69, 9.17) is 0 Å². The van der Waals surface area contributed by atoms with Gasteiger partial charge in [-0.1, -0.05) is 0 Å². The van der Waals surface area contributed by atoms with E-state index in [0.717, 1.165) is 0 Å². The van der Waals surface area contributed by atoms with Crippen LogP contribution in [-0.4, -0.2) is 14.7 Å². The third kappa shape index (κ3) is 2.80. The molecule has 19 heavy (non-hydrogen) atoms. The van der Waals surface area contributed by atoms with Crippen molar-refractivity contribution in [1.82, 2.24) is 0 Å². The molecule has 0 N–H and O–H groups in total. The molecule has 91 valence electrons. The average Bonchev–Trinajstić information content (AvgIpc) is 2.51. The summed E-state index contributed by atoms with van der Waals surface area (Å²) in [5.41, 5.74) is 0. The Balaban J connectivity index is 2.12. The van der Waals surface area contributed by atoms with E-state index in [2.05, 4.69) is 91.0 Å². The second kappa shape index (κ2) is 5.91. The molecule has 0 aromatic heterocycles. The van der Waals surface area contributed by atoms with E-state index in [-0.39, 0.29) is 0 Å². The molecule has 0 spiro atoms. The molecule has 0 heterocycles. The minimum atomic E-state index is -1.39. The van der Waals surface area contributed by atoms with Gasteiger partial charge in [0.1, 0.15) is 0 Å². The second-order valence-electron chi connectivity index (χ2n) is 4.34. The van der Waals surface area contributed by atoms with E-state index >= 15 is 0 Å². The molecule has 0 aliphatic carbocycles. The van der Waals surface area contributed by atoms with Crippen molar-refractivity contribution in [3.05, 3.63) is 91.0 Å². The standard InChI is InChI=1S/C18H15As/c1-4-10-16(11-5-1)19(17-12-6-2-7-13-17)18-14-8-3-9-15-18/h1-15H/q+1. The topological polar surface area (TPSA) is 0 Å². The Morgan fingerprint density at radius 2 is 0.632 bits per heavy atom. The van der Waals surface area contributed by atoms with Crippen LogP contribution < -0.4 is 13.1 Å². The van der Waals surface area contributed by atoms with Gasteiger partial charge in [0.15, 0.2) is 0 Å². The molecule has 0 amide bonds. The fraction of sp³-hybridized carbons (Fsp3) is 0. The summed E-state index contributed by atoms with van der Waals surface area (Å²) in [5.74, 6) is 0. The zero-order valence-corrected chi connectivity index (χ0v) is 12.5. The molecule has 3 aromatic carbocycles. The van der Waals surface area contributed by atoms with Crippen LogP contribution in [0.25, 0.3) is 0 Å². The summed E-state index contributed by atoms with van der Waals surface area (Å²) >= 11 is -1.39. The van der Waals surface area contributed by atoms with E-state index in [1.54, 1.807) is 0 Å². The van der Waals surface area contributed by atoms with Gasteiger partial charge in [-0.05, 0) is 0 Å². The van der Waals surface area contributed by atoms with Crippen LogP contribution in [0, 0.1) is 0 Å². The first-order valence-corrected chi connectivity index (χ1v) is 9.22. The summed E-state index contributed by atoms with van der Waals surface area (Å²) in [4.78, 5) is 0. The van der Waals surface area contributed by atoms with Gasteiger partial charge in [-0.25, -0.2) is 0 Å². The quantitative estimate of drug-likeness (QED) is 0.651. The van der Waals surface area contributed by atoms with Crippen molar-refractivity contribution in [2.24, 2.45) is 0 Å². The van der Waals surface area contributed by atoms with Crippen LogP contribution in [0.5, 0.6) is 0 Å². The monoisotopic (exact) mass is 306 g/mol. The first-order valence-electron chi connectivity index (χ1n) is 6.40. The van der Waals surface area contributed by atoms with E-state index < -0.39 is 14.7 Å². The zero-order valence-electron chi connectivity index (χ0n) is 10.6. The van der Waals surface area contributed by atoms with Crippen molar-refractivity contribution >= 4 is 27.7 Å². The van der Waals surface area contributed by atoms with Crippen molar-refractivity contribution in [3.63, 3.8) is 0 Å². The van der Waals surface area contributed by atoms with Crippen LogP contribution in [0.1, 0.15) is 0 Å². The van der Waals surface area contributed by atoms with Crippen molar-refractivity contribution < 1.29 is 0 Å². The Morgan fingerprint density at radius 1 is 0.368 bits per heavy atom. The molecule has 0 saturated carbocycles. The Labute approximate surface area is 119 Å². The molecule has 1 radical (unpaired) electrons. The van der Waals surface area contributed by atoms with Crippen molar-refractivity contribution in [3.8, 4) is 0 Å². The molecule has 0 bridgehead atoms. The molecule has 3 rings (SSSR count). The molecule has 0 aliphatic rings. The van der Waals surface area contributed by atoms with Gasteiger partial charge in [0.2, 0.25) is 0 Å². The molecular formula is C18H15As+. The predicted octanol–water partition coefficient (Wildman–Crippen LogP) is 2.20. The van der Waals surface area contributed by atoms with E-state index in [0.29, 0.717) is 0 Å². The van der Waals surface area contributed by atoms with Crippen LogP contribution >= 0.6 is 0 Å². The van der Waals surface area contributed by atoms with Crippen LogP contribution in [-0.2, 0) is 0 Å². The zero-order chi connectivity index (χ0) is 12.9. The fourth-order valence-electron chi connectivity index (χ4n) is 2.18. The maximum atomic E-state index is 2.26. The van der Waals surface area contributed by atoms with Gasteiger partial charge >= 0.3 is 119 Å². The van der Waals surface area contributed by atoms with Crippen LogP contribution in [0.15, 0.2) is 91.0 Å². The second-order valence-corrected chi connectivity index (χ2v) is 9.00. The number of benzene rings is 3. The molecule has 0 atom stereocenters. The maximum absolute atomic E-state index is 2.26. The Kier molecular flexibility index (Phi) is 3.81. The Hall–Kier alpha value is -1.78. The summed E-state index contributed by atoms with van der Waals surface area (Å²) in [6, 6.07) is 32.7. The minimum absolute atomic E-state index is 1.39. The van der Waals surface area contributed by atoms with E-state index in [1.807, 2.05) is 0 Å². The molecule has 0 aliphatic heterocycles. The van der Waals surface area contributed by atoms with Crippen LogP contribution in [0.2, 0.25) is 0 Å². The first-order chi connectivity index (χ1) is 9.45. The summed E-state index contributed by atoms with van der Waals surface area (Å²) in [6.07, 6.45) is 0. The van der Waals surface area contributed by atoms with Crippen LogP contribution in [0.4, 0.5) is 0 Å². The number of hydrogen-bond donors (Lipinski definition) is 0. The van der Waals surface area contributed by atoms with Gasteiger partial charge in [0, 0.05) is 0 Å². The molecule has 0 unspecified atom stereocenters. The first kappa shape index (κ1) is 12.3. The summed E-state index contributed by atoms with van der Waals surface area (Å²) in [5, 5.41) is 0. The summed E-state index contributed by atoms with van der Waals surface area (Å²) in [7, 11) is 0. The third-order valence-corrected chi connectivity index (χ3v) is 8.17. The predicted molar refractivity (Wildman–Crippen MR) is 84.0 cm³/mol. The molecule has 1 heteroatoms. The summed E-state index contributed by atoms with van der Waals surface area (Å²) < 4.78 is 4.44.